The van der Waals surface area contributed by atoms with Gasteiger partial charge in [-0.2, -0.15) is 13.2 Å². The molecule has 3 rings (SSSR count). The number of alkyl halides is 3. The minimum Gasteiger partial charge on any atom is -0.324 e. The summed E-state index contributed by atoms with van der Waals surface area (Å²) in [6.07, 6.45) is -0.304. The molecular formula is C23H26F3N3O. The van der Waals surface area contributed by atoms with Crippen LogP contribution in [0, 0.1) is 0 Å². The average molecular weight is 417 g/mol. The molecule has 0 spiro atoms. The number of anilines is 1. The van der Waals surface area contributed by atoms with Crippen molar-refractivity contribution in [3.05, 3.63) is 71.8 Å². The molecule has 1 aliphatic rings. The van der Waals surface area contributed by atoms with Crippen LogP contribution in [0.2, 0.25) is 0 Å². The molecule has 0 aliphatic carbocycles. The number of hydrogen-bond donors (Lipinski definition) is 1. The van der Waals surface area contributed by atoms with Gasteiger partial charge < -0.3 is 5.32 Å². The Morgan fingerprint density at radius 2 is 1.67 bits per heavy atom. The van der Waals surface area contributed by atoms with E-state index in [1.807, 2.05) is 35.2 Å². The van der Waals surface area contributed by atoms with Crippen LogP contribution in [0.3, 0.4) is 0 Å². The fourth-order valence-corrected chi connectivity index (χ4v) is 3.48. The monoisotopic (exact) mass is 417 g/mol. The minimum atomic E-state index is -4.51. The third-order valence-electron chi connectivity index (χ3n) is 5.30. The summed E-state index contributed by atoms with van der Waals surface area (Å²) in [4.78, 5) is 16.9. The van der Waals surface area contributed by atoms with Crippen molar-refractivity contribution in [2.75, 3.05) is 38.0 Å². The van der Waals surface area contributed by atoms with Crippen LogP contribution in [0.4, 0.5) is 18.9 Å². The molecule has 0 bridgehead atoms. The highest BCUT2D eigenvalue weighted by atomic mass is 19.4. The van der Waals surface area contributed by atoms with Gasteiger partial charge in [-0.05, 0) is 24.6 Å². The highest BCUT2D eigenvalue weighted by Gasteiger charge is 2.34. The Labute approximate surface area is 175 Å². The van der Waals surface area contributed by atoms with Gasteiger partial charge in [0.1, 0.15) is 0 Å². The van der Waals surface area contributed by atoms with Gasteiger partial charge in [0.2, 0.25) is 5.91 Å². The molecule has 1 heterocycles. The van der Waals surface area contributed by atoms with Crippen molar-refractivity contribution in [2.24, 2.45) is 0 Å². The Balaban J connectivity index is 1.50. The maximum atomic E-state index is 13.1. The van der Waals surface area contributed by atoms with Crippen molar-refractivity contribution in [1.29, 1.82) is 0 Å². The van der Waals surface area contributed by atoms with Crippen molar-refractivity contribution in [3.8, 4) is 0 Å². The molecule has 2 aromatic carbocycles. The van der Waals surface area contributed by atoms with Gasteiger partial charge in [0.25, 0.3) is 0 Å². The van der Waals surface area contributed by atoms with E-state index in [2.05, 4.69) is 22.4 Å². The van der Waals surface area contributed by atoms with Crippen LogP contribution in [0.25, 0.3) is 6.08 Å². The maximum Gasteiger partial charge on any atom is 0.418 e. The van der Waals surface area contributed by atoms with Crippen molar-refractivity contribution < 1.29 is 18.0 Å². The summed E-state index contributed by atoms with van der Waals surface area (Å²) in [5.74, 6) is -0.427. The number of piperazine rings is 1. The van der Waals surface area contributed by atoms with Crippen LogP contribution in [0.15, 0.2) is 60.7 Å². The number of amides is 1. The van der Waals surface area contributed by atoms with E-state index >= 15 is 0 Å². The molecule has 1 saturated heterocycles. The van der Waals surface area contributed by atoms with E-state index in [0.717, 1.165) is 31.3 Å². The van der Waals surface area contributed by atoms with Gasteiger partial charge in [0.05, 0.1) is 17.3 Å². The topological polar surface area (TPSA) is 35.6 Å². The molecule has 7 heteroatoms. The summed E-state index contributed by atoms with van der Waals surface area (Å²) in [6, 6.07) is 14.6. The normalized spacial score (nSPS) is 17.2. The van der Waals surface area contributed by atoms with E-state index in [9.17, 15) is 18.0 Å². The Kier molecular flexibility index (Phi) is 7.29. The second-order valence-electron chi connectivity index (χ2n) is 7.36. The molecule has 1 aliphatic heterocycles. The number of halogens is 3. The fraction of sp³-hybridized carbons (Fsp3) is 0.348. The zero-order valence-electron chi connectivity index (χ0n) is 16.9. The van der Waals surface area contributed by atoms with Crippen LogP contribution >= 0.6 is 0 Å². The van der Waals surface area contributed by atoms with Gasteiger partial charge in [0.15, 0.2) is 0 Å². The second kappa shape index (κ2) is 9.91. The molecule has 0 radical (unpaired) electrons. The predicted octanol–water partition coefficient (Wildman–Crippen LogP) is 4.36. The molecule has 2 aromatic rings. The minimum absolute atomic E-state index is 0.202. The van der Waals surface area contributed by atoms with Crippen LogP contribution in [-0.4, -0.2) is 54.5 Å². The first-order valence-corrected chi connectivity index (χ1v) is 9.99. The first kappa shape index (κ1) is 22.1. The second-order valence-corrected chi connectivity index (χ2v) is 7.36. The molecule has 1 amide bonds. The molecule has 0 aromatic heterocycles. The number of hydrogen-bond acceptors (Lipinski definition) is 3. The molecule has 1 fully saturated rings. The van der Waals surface area contributed by atoms with Crippen LogP contribution in [-0.2, 0) is 11.0 Å². The summed E-state index contributed by atoms with van der Waals surface area (Å²) >= 11 is 0. The van der Waals surface area contributed by atoms with Gasteiger partial charge in [-0.15, -0.1) is 0 Å². The third kappa shape index (κ3) is 5.93. The van der Waals surface area contributed by atoms with Crippen molar-refractivity contribution in [1.82, 2.24) is 9.80 Å². The molecule has 160 valence electrons. The first-order chi connectivity index (χ1) is 14.3. The summed E-state index contributed by atoms with van der Waals surface area (Å²) in [5.41, 5.74) is 0.118. The summed E-state index contributed by atoms with van der Waals surface area (Å²) in [6.45, 7) is 5.54. The van der Waals surface area contributed by atoms with Crippen LogP contribution < -0.4 is 5.32 Å². The number of nitrogens with one attached hydrogen (secondary N) is 1. The molecule has 1 N–H and O–H groups in total. The van der Waals surface area contributed by atoms with E-state index in [1.165, 1.54) is 18.2 Å². The van der Waals surface area contributed by atoms with Crippen molar-refractivity contribution in [2.45, 2.75) is 19.1 Å². The zero-order valence-corrected chi connectivity index (χ0v) is 16.9. The Morgan fingerprint density at radius 1 is 1.03 bits per heavy atom. The lowest BCUT2D eigenvalue weighted by atomic mass is 10.1. The van der Waals surface area contributed by atoms with Gasteiger partial charge in [-0.3, -0.25) is 14.6 Å². The van der Waals surface area contributed by atoms with E-state index in [1.54, 1.807) is 6.92 Å². The Morgan fingerprint density at radius 3 is 2.33 bits per heavy atom. The van der Waals surface area contributed by atoms with Crippen molar-refractivity contribution >= 4 is 17.7 Å². The van der Waals surface area contributed by atoms with Crippen LogP contribution in [0.5, 0.6) is 0 Å². The van der Waals surface area contributed by atoms with Gasteiger partial charge >= 0.3 is 6.18 Å². The molecule has 1 atom stereocenters. The smallest absolute Gasteiger partial charge is 0.324 e. The summed E-state index contributed by atoms with van der Waals surface area (Å²) < 4.78 is 39.4. The van der Waals surface area contributed by atoms with Gasteiger partial charge in [0, 0.05) is 32.7 Å². The molecule has 0 unspecified atom stereocenters. The highest BCUT2D eigenvalue weighted by Crippen LogP contribution is 2.34. The number of rotatable bonds is 6. The molecule has 0 saturated carbocycles. The fourth-order valence-electron chi connectivity index (χ4n) is 3.48. The lowest BCUT2D eigenvalue weighted by molar-refractivity contribution is -0.137. The largest absolute Gasteiger partial charge is 0.418 e. The predicted molar refractivity (Wildman–Crippen MR) is 113 cm³/mol. The van der Waals surface area contributed by atoms with E-state index in [0.29, 0.717) is 13.1 Å². The van der Waals surface area contributed by atoms with E-state index in [-0.39, 0.29) is 5.69 Å². The Bertz CT molecular complexity index is 859. The quantitative estimate of drug-likeness (QED) is 0.759. The van der Waals surface area contributed by atoms with Gasteiger partial charge in [-0.25, -0.2) is 0 Å². The van der Waals surface area contributed by atoms with E-state index in [4.69, 9.17) is 0 Å². The first-order valence-electron chi connectivity index (χ1n) is 9.99. The lowest BCUT2D eigenvalue weighted by Gasteiger charge is -2.37. The SMILES string of the molecule is C[C@H](C(=O)Nc1ccccc1C(F)(F)F)N1CCN(C/C=C/c2ccccc2)CC1. The van der Waals surface area contributed by atoms with Gasteiger partial charge in [-0.1, -0.05) is 54.6 Å². The summed E-state index contributed by atoms with van der Waals surface area (Å²) in [7, 11) is 0. The highest BCUT2D eigenvalue weighted by molar-refractivity contribution is 5.95. The average Bonchev–Trinajstić information content (AvgIpc) is 2.74. The standard InChI is InChI=1S/C23H26F3N3O/c1-18(22(30)27-21-12-6-5-11-20(21)23(24,25)26)29-16-14-28(15-17-29)13-7-10-19-8-3-2-4-9-19/h2-12,18H,13-17H2,1H3,(H,27,30)/b10-7+/t18-/m1/s1. The lowest BCUT2D eigenvalue weighted by Crippen LogP contribution is -2.52. The zero-order chi connectivity index (χ0) is 21.6. The maximum absolute atomic E-state index is 13.1. The Hall–Kier alpha value is -2.64. The number of para-hydroxylation sites is 1. The van der Waals surface area contributed by atoms with Crippen LogP contribution in [0.1, 0.15) is 18.1 Å². The molecular weight excluding hydrogens is 391 g/mol. The molecule has 4 nitrogen and oxygen atoms in total. The molecule has 30 heavy (non-hydrogen) atoms. The number of nitrogens with zero attached hydrogens (tertiary/aromatic N) is 2. The number of benzene rings is 2. The van der Waals surface area contributed by atoms with Crippen molar-refractivity contribution in [3.63, 3.8) is 0 Å². The number of carbonyl (C=O) groups excluding carboxylic acids is 1. The van der Waals surface area contributed by atoms with E-state index < -0.39 is 23.7 Å². The summed E-state index contributed by atoms with van der Waals surface area (Å²) in [5, 5.41) is 2.45. The number of carbonyl (C=O) groups is 1. The third-order valence-corrected chi connectivity index (χ3v) is 5.30.